The van der Waals surface area contributed by atoms with Crippen LogP contribution in [-0.2, 0) is 0 Å². The van der Waals surface area contributed by atoms with Gasteiger partial charge in [-0.15, -0.1) is 0 Å². The Kier molecular flexibility index (Phi) is 2.31. The molecule has 1 saturated carbocycles. The second-order valence-electron chi connectivity index (χ2n) is 3.70. The van der Waals surface area contributed by atoms with E-state index < -0.39 is 0 Å². The third-order valence-corrected chi connectivity index (χ3v) is 2.86. The maximum absolute atomic E-state index is 5.25. The average Bonchev–Trinajstić information content (AvgIpc) is 2.64. The summed E-state index contributed by atoms with van der Waals surface area (Å²) in [7, 11) is 0. The molecule has 0 radical (unpaired) electrons. The minimum Gasteiger partial charge on any atom is -0.375 e. The molecule has 2 bridgehead atoms. The van der Waals surface area contributed by atoms with Crippen molar-refractivity contribution in [2.75, 3.05) is 0 Å². The Hall–Kier alpha value is -0.900. The number of fused-ring (bicyclic) bond motifs is 2. The van der Waals surface area contributed by atoms with Crippen LogP contribution in [0.1, 0.15) is 12.8 Å². The lowest BCUT2D eigenvalue weighted by atomic mass is 9.95. The number of nitrogens with zero attached hydrogens (tertiary/aromatic N) is 1. The minimum absolute atomic E-state index is 0.231. The van der Waals surface area contributed by atoms with E-state index >= 15 is 0 Å². The molecule has 2 aliphatic rings. The van der Waals surface area contributed by atoms with E-state index in [1.54, 1.807) is 0 Å². The van der Waals surface area contributed by atoms with Crippen LogP contribution in [0, 0.1) is 17.8 Å². The third kappa shape index (κ3) is 1.88. The first-order valence-electron chi connectivity index (χ1n) is 4.52. The Morgan fingerprint density at radius 1 is 1.54 bits per heavy atom. The van der Waals surface area contributed by atoms with Gasteiger partial charge in [0, 0.05) is 12.1 Å². The van der Waals surface area contributed by atoms with Gasteiger partial charge in [-0.3, -0.25) is 5.43 Å². The Bertz CT molecular complexity index is 272. The Labute approximate surface area is 83.1 Å². The highest BCUT2D eigenvalue weighted by atomic mass is 32.1. The van der Waals surface area contributed by atoms with Gasteiger partial charge in [-0.25, -0.2) is 0 Å². The van der Waals surface area contributed by atoms with Gasteiger partial charge in [0.15, 0.2) is 5.11 Å². The van der Waals surface area contributed by atoms with Gasteiger partial charge in [-0.1, -0.05) is 12.2 Å². The molecule has 0 amide bonds. The van der Waals surface area contributed by atoms with Crippen molar-refractivity contribution in [2.24, 2.45) is 28.6 Å². The molecule has 0 aliphatic heterocycles. The smallest absolute Gasteiger partial charge is 0.184 e. The highest BCUT2D eigenvalue weighted by Crippen LogP contribution is 2.42. The van der Waals surface area contributed by atoms with Crippen LogP contribution in [0.4, 0.5) is 0 Å². The summed E-state index contributed by atoms with van der Waals surface area (Å²) in [6, 6.07) is 0. The Morgan fingerprint density at radius 3 is 2.92 bits per heavy atom. The quantitative estimate of drug-likeness (QED) is 0.299. The van der Waals surface area contributed by atoms with Crippen molar-refractivity contribution < 1.29 is 0 Å². The Balaban J connectivity index is 1.86. The van der Waals surface area contributed by atoms with Crippen LogP contribution in [0.5, 0.6) is 0 Å². The first-order valence-corrected chi connectivity index (χ1v) is 4.93. The fraction of sp³-hybridized carbons (Fsp3) is 0.556. The second-order valence-corrected chi connectivity index (χ2v) is 4.14. The van der Waals surface area contributed by atoms with Gasteiger partial charge in [0.1, 0.15) is 0 Å². The molecule has 3 atom stereocenters. The summed E-state index contributed by atoms with van der Waals surface area (Å²) in [6.45, 7) is 0. The van der Waals surface area contributed by atoms with Crippen LogP contribution in [0.2, 0.25) is 0 Å². The number of rotatable bonds is 2. The largest absolute Gasteiger partial charge is 0.375 e. The first-order chi connectivity index (χ1) is 6.25. The summed E-state index contributed by atoms with van der Waals surface area (Å²) in [6.07, 6.45) is 9.07. The molecule has 2 aliphatic carbocycles. The van der Waals surface area contributed by atoms with E-state index in [2.05, 4.69) is 34.9 Å². The molecule has 13 heavy (non-hydrogen) atoms. The van der Waals surface area contributed by atoms with E-state index in [4.69, 9.17) is 5.73 Å². The van der Waals surface area contributed by atoms with Crippen molar-refractivity contribution in [1.29, 1.82) is 0 Å². The third-order valence-electron chi connectivity index (χ3n) is 2.77. The van der Waals surface area contributed by atoms with Crippen molar-refractivity contribution in [3.05, 3.63) is 12.2 Å². The summed E-state index contributed by atoms with van der Waals surface area (Å²) in [4.78, 5) is 0. The highest BCUT2D eigenvalue weighted by molar-refractivity contribution is 7.80. The summed E-state index contributed by atoms with van der Waals surface area (Å²) in [5, 5.41) is 4.23. The number of nitrogens with one attached hydrogen (secondary N) is 1. The number of hydrazone groups is 1. The number of thiocarbonyl (C=S) groups is 1. The molecular weight excluding hydrogens is 182 g/mol. The van der Waals surface area contributed by atoms with Crippen LogP contribution in [0.3, 0.4) is 0 Å². The first kappa shape index (κ1) is 8.69. The number of allylic oxidation sites excluding steroid dienone is 2. The maximum atomic E-state index is 5.25. The van der Waals surface area contributed by atoms with Gasteiger partial charge in [-0.05, 0) is 36.9 Å². The molecule has 1 fully saturated rings. The monoisotopic (exact) mass is 195 g/mol. The van der Waals surface area contributed by atoms with Gasteiger partial charge in [-0.2, -0.15) is 5.10 Å². The fourth-order valence-corrected chi connectivity index (χ4v) is 2.24. The zero-order valence-corrected chi connectivity index (χ0v) is 8.13. The lowest BCUT2D eigenvalue weighted by Gasteiger charge is -2.11. The van der Waals surface area contributed by atoms with Crippen molar-refractivity contribution in [2.45, 2.75) is 12.8 Å². The number of hydrogen-bond acceptors (Lipinski definition) is 2. The SMILES string of the molecule is NC(=S)N/N=C\[C@@H]1C[C@@H]2C=C[C@@H]1C2. The Morgan fingerprint density at radius 2 is 2.38 bits per heavy atom. The predicted octanol–water partition coefficient (Wildman–Crippen LogP) is 1.02. The van der Waals surface area contributed by atoms with E-state index in [-0.39, 0.29) is 5.11 Å². The van der Waals surface area contributed by atoms with E-state index in [0.29, 0.717) is 11.8 Å². The second kappa shape index (κ2) is 3.46. The summed E-state index contributed by atoms with van der Waals surface area (Å²) >= 11 is 4.64. The zero-order chi connectivity index (χ0) is 9.26. The molecule has 0 spiro atoms. The van der Waals surface area contributed by atoms with Crippen LogP contribution >= 0.6 is 12.2 Å². The molecule has 70 valence electrons. The van der Waals surface area contributed by atoms with Crippen molar-refractivity contribution in [3.63, 3.8) is 0 Å². The molecule has 4 heteroatoms. The molecule has 0 saturated heterocycles. The van der Waals surface area contributed by atoms with Crippen molar-refractivity contribution in [1.82, 2.24) is 5.43 Å². The molecule has 0 aromatic heterocycles. The molecule has 3 N–H and O–H groups in total. The fourth-order valence-electron chi connectivity index (χ4n) is 2.19. The lowest BCUT2D eigenvalue weighted by molar-refractivity contribution is 0.592. The van der Waals surface area contributed by atoms with Crippen LogP contribution in [0.25, 0.3) is 0 Å². The van der Waals surface area contributed by atoms with Crippen LogP contribution < -0.4 is 11.2 Å². The van der Waals surface area contributed by atoms with E-state index in [0.717, 1.165) is 5.92 Å². The molecule has 0 heterocycles. The van der Waals surface area contributed by atoms with Gasteiger partial charge in [0.2, 0.25) is 0 Å². The van der Waals surface area contributed by atoms with Gasteiger partial charge < -0.3 is 5.73 Å². The highest BCUT2D eigenvalue weighted by Gasteiger charge is 2.34. The molecule has 0 unspecified atom stereocenters. The van der Waals surface area contributed by atoms with E-state index in [1.165, 1.54) is 12.8 Å². The summed E-state index contributed by atoms with van der Waals surface area (Å²) in [5.41, 5.74) is 7.83. The molecule has 0 aromatic rings. The zero-order valence-electron chi connectivity index (χ0n) is 7.31. The number of hydrogen-bond donors (Lipinski definition) is 2. The van der Waals surface area contributed by atoms with Gasteiger partial charge >= 0.3 is 0 Å². The predicted molar refractivity (Wildman–Crippen MR) is 57.3 cm³/mol. The van der Waals surface area contributed by atoms with Gasteiger partial charge in [0.25, 0.3) is 0 Å². The molecule has 3 nitrogen and oxygen atoms in total. The molecular formula is C9H13N3S. The standard InChI is InChI=1S/C9H13N3S/c10-9(13)12-11-5-8-4-6-1-2-7(8)3-6/h1-2,5-8H,3-4H2,(H3,10,12,13)/b11-5-/t6-,7-,8+/m1/s1. The molecule has 2 rings (SSSR count). The average molecular weight is 195 g/mol. The maximum Gasteiger partial charge on any atom is 0.184 e. The summed E-state index contributed by atoms with van der Waals surface area (Å²) < 4.78 is 0. The summed E-state index contributed by atoms with van der Waals surface area (Å²) in [5.74, 6) is 2.06. The normalized spacial score (nSPS) is 35.8. The van der Waals surface area contributed by atoms with Crippen LogP contribution in [-0.4, -0.2) is 11.3 Å². The number of nitrogens with two attached hydrogens (primary N) is 1. The van der Waals surface area contributed by atoms with Crippen LogP contribution in [0.15, 0.2) is 17.3 Å². The topological polar surface area (TPSA) is 50.4 Å². The van der Waals surface area contributed by atoms with Crippen molar-refractivity contribution >= 4 is 23.5 Å². The minimum atomic E-state index is 0.231. The van der Waals surface area contributed by atoms with Crippen molar-refractivity contribution in [3.8, 4) is 0 Å². The molecule has 0 aromatic carbocycles. The van der Waals surface area contributed by atoms with E-state index in [1.807, 2.05) is 6.21 Å². The lowest BCUT2D eigenvalue weighted by Crippen LogP contribution is -2.25. The van der Waals surface area contributed by atoms with Gasteiger partial charge in [0.05, 0.1) is 0 Å². The van der Waals surface area contributed by atoms with E-state index in [9.17, 15) is 0 Å².